The lowest BCUT2D eigenvalue weighted by molar-refractivity contribution is -0.128. The van der Waals surface area contributed by atoms with Gasteiger partial charge in [0.15, 0.2) is 5.78 Å². The van der Waals surface area contributed by atoms with Gasteiger partial charge in [-0.05, 0) is 6.92 Å². The van der Waals surface area contributed by atoms with E-state index in [1.54, 1.807) is 14.1 Å². The van der Waals surface area contributed by atoms with Crippen molar-refractivity contribution in [2.75, 3.05) is 14.1 Å². The van der Waals surface area contributed by atoms with Gasteiger partial charge < -0.3 is 9.88 Å². The van der Waals surface area contributed by atoms with E-state index in [0.29, 0.717) is 0 Å². The lowest BCUT2D eigenvalue weighted by Gasteiger charge is -2.10. The molecule has 1 rings (SSSR count). The minimum absolute atomic E-state index is 0.0251. The van der Waals surface area contributed by atoms with Gasteiger partial charge >= 0.3 is 5.69 Å². The lowest BCUT2D eigenvalue weighted by atomic mass is 10.2. The van der Waals surface area contributed by atoms with Gasteiger partial charge in [0, 0.05) is 33.3 Å². The third-order valence-corrected chi connectivity index (χ3v) is 2.49. The quantitative estimate of drug-likeness (QED) is 0.712. The van der Waals surface area contributed by atoms with Gasteiger partial charge in [0.1, 0.15) is 0 Å². The van der Waals surface area contributed by atoms with Crippen LogP contribution in [0.2, 0.25) is 0 Å². The molecule has 0 saturated heterocycles. The normalized spacial score (nSPS) is 10.2. The fourth-order valence-electron chi connectivity index (χ4n) is 1.40. The number of H-pyrrole nitrogens is 1. The highest BCUT2D eigenvalue weighted by Crippen LogP contribution is 1.91. The zero-order valence-corrected chi connectivity index (χ0v) is 10.5. The minimum Gasteiger partial charge on any atom is -0.349 e. The first-order chi connectivity index (χ1) is 8.34. The maximum atomic E-state index is 11.8. The van der Waals surface area contributed by atoms with E-state index in [1.807, 2.05) is 0 Å². The maximum absolute atomic E-state index is 11.8. The van der Waals surface area contributed by atoms with E-state index < -0.39 is 17.0 Å². The van der Waals surface area contributed by atoms with E-state index in [0.717, 1.165) is 10.8 Å². The molecule has 0 atom stereocenters. The second-order valence-corrected chi connectivity index (χ2v) is 4.06. The first-order valence-corrected chi connectivity index (χ1v) is 5.38. The molecule has 0 radical (unpaired) electrons. The summed E-state index contributed by atoms with van der Waals surface area (Å²) >= 11 is 0. The maximum Gasteiger partial charge on any atom is 0.328 e. The highest BCUT2D eigenvalue weighted by Gasteiger charge is 2.12. The molecule has 0 bridgehead atoms. The van der Waals surface area contributed by atoms with E-state index in [2.05, 4.69) is 4.98 Å². The third kappa shape index (κ3) is 2.93. The summed E-state index contributed by atoms with van der Waals surface area (Å²) in [6.45, 7) is 1.19. The van der Waals surface area contributed by atoms with Crippen molar-refractivity contribution in [1.29, 1.82) is 0 Å². The Morgan fingerprint density at radius 3 is 2.44 bits per heavy atom. The number of amides is 1. The van der Waals surface area contributed by atoms with Crippen LogP contribution >= 0.6 is 0 Å². The van der Waals surface area contributed by atoms with Crippen molar-refractivity contribution >= 4 is 11.7 Å². The molecule has 0 aliphatic heterocycles. The van der Waals surface area contributed by atoms with Crippen molar-refractivity contribution in [3.63, 3.8) is 0 Å². The van der Waals surface area contributed by atoms with Crippen LogP contribution in [-0.2, 0) is 11.3 Å². The molecule has 0 saturated carbocycles. The smallest absolute Gasteiger partial charge is 0.328 e. The number of aromatic nitrogens is 2. The Kier molecular flexibility index (Phi) is 4.19. The third-order valence-electron chi connectivity index (χ3n) is 2.49. The molecule has 0 fully saturated rings. The van der Waals surface area contributed by atoms with Crippen LogP contribution in [0.3, 0.4) is 0 Å². The molecule has 0 aromatic carbocycles. The van der Waals surface area contributed by atoms with Gasteiger partial charge in [-0.3, -0.25) is 19.0 Å². The van der Waals surface area contributed by atoms with Crippen molar-refractivity contribution in [3.8, 4) is 0 Å². The number of carbonyl (C=O) groups is 2. The molecule has 0 unspecified atom stereocenters. The van der Waals surface area contributed by atoms with Crippen LogP contribution in [0.5, 0.6) is 0 Å². The number of rotatable bonds is 4. The summed E-state index contributed by atoms with van der Waals surface area (Å²) in [5, 5.41) is 0. The van der Waals surface area contributed by atoms with Crippen molar-refractivity contribution in [2.45, 2.75) is 19.9 Å². The molecule has 98 valence electrons. The van der Waals surface area contributed by atoms with Crippen LogP contribution in [0, 0.1) is 0 Å². The lowest BCUT2D eigenvalue weighted by Crippen LogP contribution is -2.39. The first kappa shape index (κ1) is 13.9. The molecule has 1 aromatic rings. The van der Waals surface area contributed by atoms with Crippen molar-refractivity contribution in [2.24, 2.45) is 0 Å². The van der Waals surface area contributed by atoms with Gasteiger partial charge in [0.05, 0.1) is 5.56 Å². The average molecular weight is 253 g/mol. The molecule has 1 heterocycles. The monoisotopic (exact) mass is 253 g/mol. The molecule has 18 heavy (non-hydrogen) atoms. The molecular weight excluding hydrogens is 238 g/mol. The summed E-state index contributed by atoms with van der Waals surface area (Å²) in [5.74, 6) is -0.626. The average Bonchev–Trinajstić information content (AvgIpc) is 2.27. The summed E-state index contributed by atoms with van der Waals surface area (Å²) in [4.78, 5) is 49.5. The van der Waals surface area contributed by atoms with Gasteiger partial charge in [-0.1, -0.05) is 0 Å². The van der Waals surface area contributed by atoms with Crippen LogP contribution in [0.25, 0.3) is 0 Å². The van der Waals surface area contributed by atoms with Gasteiger partial charge in [-0.15, -0.1) is 0 Å². The van der Waals surface area contributed by atoms with E-state index in [4.69, 9.17) is 0 Å². The number of Topliss-reactive ketones (excluding diaryl/α,β-unsaturated/α-hetero) is 1. The predicted octanol–water partition coefficient (Wildman–Crippen LogP) is -0.782. The van der Waals surface area contributed by atoms with Crippen molar-refractivity contribution in [1.82, 2.24) is 14.5 Å². The molecule has 0 aliphatic rings. The molecule has 0 spiro atoms. The largest absolute Gasteiger partial charge is 0.349 e. The Balaban J connectivity index is 3.06. The number of aromatic amines is 1. The van der Waals surface area contributed by atoms with Crippen LogP contribution in [0.1, 0.15) is 23.7 Å². The first-order valence-electron chi connectivity index (χ1n) is 5.38. The van der Waals surface area contributed by atoms with E-state index in [9.17, 15) is 19.2 Å². The van der Waals surface area contributed by atoms with Crippen molar-refractivity contribution < 1.29 is 9.59 Å². The molecule has 7 nitrogen and oxygen atoms in total. The Morgan fingerprint density at radius 2 is 1.94 bits per heavy atom. The summed E-state index contributed by atoms with van der Waals surface area (Å²) in [7, 11) is 3.17. The summed E-state index contributed by atoms with van der Waals surface area (Å²) in [6, 6.07) is 0. The zero-order chi connectivity index (χ0) is 13.9. The number of nitrogens with zero attached hydrogens (tertiary/aromatic N) is 2. The van der Waals surface area contributed by atoms with Crippen LogP contribution in [0.4, 0.5) is 0 Å². The fourth-order valence-corrected chi connectivity index (χ4v) is 1.40. The Morgan fingerprint density at radius 1 is 1.33 bits per heavy atom. The fraction of sp³-hybridized carbons (Fsp3) is 0.455. The standard InChI is InChI=1S/C11H15N3O4/c1-7(15)8-6-12-11(18)14(10(8)17)5-4-9(16)13(2)3/h6H,4-5H2,1-3H3,(H,12,18). The summed E-state index contributed by atoms with van der Waals surface area (Å²) < 4.78 is 0.859. The molecular formula is C11H15N3O4. The molecule has 1 N–H and O–H groups in total. The number of carbonyl (C=O) groups excluding carboxylic acids is 2. The minimum atomic E-state index is -0.669. The SMILES string of the molecule is CC(=O)c1c[nH]c(=O)n(CCC(=O)N(C)C)c1=O. The Hall–Kier alpha value is -2.18. The number of hydrogen-bond acceptors (Lipinski definition) is 4. The molecule has 1 aromatic heterocycles. The van der Waals surface area contributed by atoms with Gasteiger partial charge in [-0.25, -0.2) is 4.79 Å². The number of hydrogen-bond donors (Lipinski definition) is 1. The highest BCUT2D eigenvalue weighted by atomic mass is 16.2. The molecule has 0 aliphatic carbocycles. The number of ketones is 1. The number of nitrogens with one attached hydrogen (secondary N) is 1. The second kappa shape index (κ2) is 5.44. The van der Waals surface area contributed by atoms with Gasteiger partial charge in [0.25, 0.3) is 5.56 Å². The Labute approximate surface area is 103 Å². The molecule has 1 amide bonds. The van der Waals surface area contributed by atoms with Gasteiger partial charge in [0.2, 0.25) is 5.91 Å². The van der Waals surface area contributed by atoms with Crippen molar-refractivity contribution in [3.05, 3.63) is 32.6 Å². The van der Waals surface area contributed by atoms with Crippen LogP contribution in [-0.4, -0.2) is 40.2 Å². The molecule has 7 heteroatoms. The van der Waals surface area contributed by atoms with Crippen LogP contribution < -0.4 is 11.2 Å². The van der Waals surface area contributed by atoms with Gasteiger partial charge in [-0.2, -0.15) is 0 Å². The van der Waals surface area contributed by atoms with E-state index >= 15 is 0 Å². The highest BCUT2D eigenvalue weighted by molar-refractivity contribution is 5.93. The zero-order valence-electron chi connectivity index (χ0n) is 10.5. The topological polar surface area (TPSA) is 92.2 Å². The Bertz CT molecular complexity index is 583. The summed E-state index contributed by atoms with van der Waals surface area (Å²) in [6.07, 6.45) is 1.12. The van der Waals surface area contributed by atoms with Crippen LogP contribution in [0.15, 0.2) is 15.8 Å². The van der Waals surface area contributed by atoms with E-state index in [1.165, 1.54) is 11.8 Å². The summed E-state index contributed by atoms with van der Waals surface area (Å²) in [5.41, 5.74) is -1.39. The predicted molar refractivity (Wildman–Crippen MR) is 64.6 cm³/mol. The second-order valence-electron chi connectivity index (χ2n) is 4.06. The van der Waals surface area contributed by atoms with E-state index in [-0.39, 0.29) is 24.4 Å².